The molecule has 0 bridgehead atoms. The van der Waals surface area contributed by atoms with Crippen LogP contribution in [0.5, 0.6) is 0 Å². The molecule has 0 spiro atoms. The third-order valence-electron chi connectivity index (χ3n) is 7.36. The highest BCUT2D eigenvalue weighted by Gasteiger charge is 2.50. The first-order valence-electron chi connectivity index (χ1n) is 15.0. The number of nitrogens with zero attached hydrogens (tertiary/aromatic N) is 6. The van der Waals surface area contributed by atoms with Crippen molar-refractivity contribution in [2.24, 2.45) is 10.2 Å². The number of hydrogen-bond donors (Lipinski definition) is 10. The summed E-state index contributed by atoms with van der Waals surface area (Å²) in [6.45, 7) is 0.791. The number of hydrogen-bond acceptors (Lipinski definition) is 15. The van der Waals surface area contributed by atoms with Crippen molar-refractivity contribution in [1.29, 1.82) is 0 Å². The van der Waals surface area contributed by atoms with Crippen LogP contribution in [0.15, 0.2) is 10.2 Å². The second-order valence-electron chi connectivity index (χ2n) is 10.8. The standard InChI is InChI=1S/C25H44N10O12/c1-12(37)33-17-19(40)22(15(11-36)45-24(17)44)47-25-21(42)20(41)18(39)14(46-25)10-30-13(23(43)29-7-3-9-32-35-27)4-5-16(38)28-6-2-8-31-34-26/h13-15,17-22,24-25,30,36,39-42,44H,2-11H2,1H3,(H,28,38)(H,29,43)(H,33,37)/t13?,14?,15?,17?,18-,19+,20-,21?,22+,24+,25-/m0/s1. The summed E-state index contributed by atoms with van der Waals surface area (Å²) in [4.78, 5) is 42.1. The van der Waals surface area contributed by atoms with Gasteiger partial charge in [0.2, 0.25) is 17.7 Å². The summed E-state index contributed by atoms with van der Waals surface area (Å²) in [5.41, 5.74) is 16.7. The van der Waals surface area contributed by atoms with Crippen molar-refractivity contribution in [2.75, 3.05) is 39.3 Å². The van der Waals surface area contributed by atoms with Crippen molar-refractivity contribution < 1.29 is 59.2 Å². The molecular weight excluding hydrogens is 632 g/mol. The molecule has 2 aliphatic rings. The van der Waals surface area contributed by atoms with Crippen molar-refractivity contribution in [3.8, 4) is 0 Å². The quantitative estimate of drug-likeness (QED) is 0.0271. The molecular formula is C25H44N10O12. The van der Waals surface area contributed by atoms with Crippen molar-refractivity contribution >= 4 is 17.7 Å². The first-order valence-corrected chi connectivity index (χ1v) is 15.0. The Kier molecular flexibility index (Phi) is 17.6. The molecule has 0 aromatic rings. The highest BCUT2D eigenvalue weighted by Crippen LogP contribution is 2.28. The molecule has 11 atom stereocenters. The van der Waals surface area contributed by atoms with Gasteiger partial charge < -0.3 is 66.1 Å². The summed E-state index contributed by atoms with van der Waals surface area (Å²) in [7, 11) is 0. The van der Waals surface area contributed by atoms with Gasteiger partial charge in [0.1, 0.15) is 48.8 Å². The molecule has 5 unspecified atom stereocenters. The minimum atomic E-state index is -1.86. The minimum absolute atomic E-state index is 0.0189. The van der Waals surface area contributed by atoms with Crippen LogP contribution in [0.3, 0.4) is 0 Å². The average Bonchev–Trinajstić information content (AvgIpc) is 3.04. The molecule has 0 radical (unpaired) electrons. The average molecular weight is 677 g/mol. The molecule has 2 heterocycles. The Balaban J connectivity index is 2.10. The Morgan fingerprint density at radius 2 is 1.53 bits per heavy atom. The van der Waals surface area contributed by atoms with Crippen LogP contribution in [-0.4, -0.2) is 155 Å². The minimum Gasteiger partial charge on any atom is -0.394 e. The van der Waals surface area contributed by atoms with Crippen LogP contribution in [0.1, 0.15) is 32.6 Å². The molecule has 0 aromatic heterocycles. The zero-order valence-corrected chi connectivity index (χ0v) is 25.7. The summed E-state index contributed by atoms with van der Waals surface area (Å²) in [6.07, 6.45) is -14.0. The van der Waals surface area contributed by atoms with Gasteiger partial charge in [-0.1, -0.05) is 10.2 Å². The fourth-order valence-corrected chi connectivity index (χ4v) is 4.89. The highest BCUT2D eigenvalue weighted by molar-refractivity contribution is 5.83. The molecule has 0 saturated carbocycles. The van der Waals surface area contributed by atoms with Crippen molar-refractivity contribution in [1.82, 2.24) is 21.3 Å². The van der Waals surface area contributed by atoms with E-state index in [1.165, 1.54) is 0 Å². The smallest absolute Gasteiger partial charge is 0.237 e. The molecule has 2 rings (SSSR count). The Morgan fingerprint density at radius 3 is 2.13 bits per heavy atom. The molecule has 0 aromatic carbocycles. The number of ether oxygens (including phenoxy) is 3. The zero-order chi connectivity index (χ0) is 34.9. The van der Waals surface area contributed by atoms with Crippen LogP contribution < -0.4 is 21.3 Å². The number of amides is 3. The summed E-state index contributed by atoms with van der Waals surface area (Å²) in [5.74, 6) is -1.53. The number of aliphatic hydroxyl groups is 6. The SMILES string of the molecule is CC(=O)NC1[C@H](O)OC(CO)[C@@H](O[C@@H]2OC(CNC(CCC(=O)NCCCN=[N+]=[N-])C(=O)NCCCN=[N+]=[N-])[C@H](O)[C@H](O)C2O)[C@@H]1O. The fraction of sp³-hybridized carbons (Fsp3) is 0.880. The van der Waals surface area contributed by atoms with Crippen molar-refractivity contribution in [3.05, 3.63) is 20.9 Å². The third-order valence-corrected chi connectivity index (χ3v) is 7.36. The lowest BCUT2D eigenvalue weighted by Gasteiger charge is -2.46. The maximum Gasteiger partial charge on any atom is 0.237 e. The van der Waals surface area contributed by atoms with Crippen LogP contribution in [0.2, 0.25) is 0 Å². The van der Waals surface area contributed by atoms with E-state index in [0.717, 1.165) is 6.92 Å². The van der Waals surface area contributed by atoms with Crippen LogP contribution in [0.25, 0.3) is 20.9 Å². The Labute approximate surface area is 269 Å². The van der Waals surface area contributed by atoms with E-state index in [1.807, 2.05) is 0 Å². The molecule has 2 aliphatic heterocycles. The van der Waals surface area contributed by atoms with Crippen LogP contribution in [-0.2, 0) is 28.6 Å². The zero-order valence-electron chi connectivity index (χ0n) is 25.7. The lowest BCUT2D eigenvalue weighted by molar-refractivity contribution is -0.342. The maximum absolute atomic E-state index is 13.0. The molecule has 266 valence electrons. The fourth-order valence-electron chi connectivity index (χ4n) is 4.89. The summed E-state index contributed by atoms with van der Waals surface area (Å²) < 4.78 is 16.6. The van der Waals surface area contributed by atoms with E-state index in [4.69, 9.17) is 25.3 Å². The van der Waals surface area contributed by atoms with E-state index in [2.05, 4.69) is 41.3 Å². The number of aliphatic hydroxyl groups excluding tert-OH is 6. The van der Waals surface area contributed by atoms with Gasteiger partial charge in [-0.25, -0.2) is 0 Å². The second-order valence-corrected chi connectivity index (χ2v) is 10.8. The first-order chi connectivity index (χ1) is 22.4. The van der Waals surface area contributed by atoms with E-state index >= 15 is 0 Å². The monoisotopic (exact) mass is 676 g/mol. The van der Waals surface area contributed by atoms with E-state index in [1.54, 1.807) is 0 Å². The Bertz CT molecular complexity index is 1110. The number of azide groups is 2. The van der Waals surface area contributed by atoms with Gasteiger partial charge >= 0.3 is 0 Å². The number of carbonyl (C=O) groups excluding carboxylic acids is 3. The Morgan fingerprint density at radius 1 is 0.894 bits per heavy atom. The van der Waals surface area contributed by atoms with Crippen LogP contribution >= 0.6 is 0 Å². The predicted octanol–water partition coefficient (Wildman–Crippen LogP) is -3.87. The van der Waals surface area contributed by atoms with E-state index in [9.17, 15) is 45.0 Å². The van der Waals surface area contributed by atoms with Crippen LogP contribution in [0, 0.1) is 0 Å². The normalized spacial score (nSPS) is 31.0. The van der Waals surface area contributed by atoms with Gasteiger partial charge in [-0.2, -0.15) is 0 Å². The van der Waals surface area contributed by atoms with E-state index < -0.39 is 85.8 Å². The maximum atomic E-state index is 13.0. The number of carbonyl (C=O) groups is 3. The van der Waals surface area contributed by atoms with Gasteiger partial charge in [0.25, 0.3) is 0 Å². The van der Waals surface area contributed by atoms with Crippen LogP contribution in [0.4, 0.5) is 0 Å². The first kappa shape index (κ1) is 39.8. The second kappa shape index (κ2) is 20.8. The molecule has 47 heavy (non-hydrogen) atoms. The largest absolute Gasteiger partial charge is 0.394 e. The van der Waals surface area contributed by atoms with Gasteiger partial charge in [0.15, 0.2) is 12.6 Å². The lowest BCUT2D eigenvalue weighted by Crippen LogP contribution is -2.67. The van der Waals surface area contributed by atoms with Crippen molar-refractivity contribution in [3.63, 3.8) is 0 Å². The molecule has 2 fully saturated rings. The summed E-state index contributed by atoms with van der Waals surface area (Å²) in [6, 6.07) is -2.40. The highest BCUT2D eigenvalue weighted by atomic mass is 16.7. The van der Waals surface area contributed by atoms with Gasteiger partial charge in [-0.3, -0.25) is 14.4 Å². The number of rotatable bonds is 19. The third kappa shape index (κ3) is 12.6. The predicted molar refractivity (Wildman–Crippen MR) is 157 cm³/mol. The summed E-state index contributed by atoms with van der Waals surface area (Å²) in [5, 5.41) is 79.8. The van der Waals surface area contributed by atoms with Gasteiger partial charge in [0.05, 0.1) is 12.6 Å². The lowest BCUT2D eigenvalue weighted by atomic mass is 9.95. The summed E-state index contributed by atoms with van der Waals surface area (Å²) >= 11 is 0. The molecule has 0 aliphatic carbocycles. The molecule has 10 N–H and O–H groups in total. The van der Waals surface area contributed by atoms with E-state index in [-0.39, 0.29) is 51.5 Å². The van der Waals surface area contributed by atoms with Gasteiger partial charge in [-0.15, -0.1) is 0 Å². The Hall–Kier alpha value is -3.37. The molecule has 22 heteroatoms. The molecule has 22 nitrogen and oxygen atoms in total. The van der Waals surface area contributed by atoms with Crippen molar-refractivity contribution in [2.45, 2.75) is 100.0 Å². The molecule has 3 amide bonds. The van der Waals surface area contributed by atoms with Gasteiger partial charge in [-0.05, 0) is 30.3 Å². The topological polar surface area (TPSA) is 346 Å². The molecule has 2 saturated heterocycles. The van der Waals surface area contributed by atoms with E-state index in [0.29, 0.717) is 12.8 Å². The van der Waals surface area contributed by atoms with Gasteiger partial charge in [0, 0.05) is 55.9 Å². The number of nitrogens with one attached hydrogen (secondary N) is 4.